The van der Waals surface area contributed by atoms with Gasteiger partial charge in [0.25, 0.3) is 11.8 Å². The van der Waals surface area contributed by atoms with Crippen molar-refractivity contribution in [2.24, 2.45) is 0 Å². The lowest BCUT2D eigenvalue weighted by atomic mass is 10.1. The van der Waals surface area contributed by atoms with E-state index in [0.29, 0.717) is 48.1 Å². The van der Waals surface area contributed by atoms with Crippen molar-refractivity contribution >= 4 is 28.8 Å². The molecule has 3 aromatic carbocycles. The van der Waals surface area contributed by atoms with Crippen LogP contribution in [0.25, 0.3) is 10.6 Å². The van der Waals surface area contributed by atoms with E-state index < -0.39 is 0 Å². The number of hydrogen-bond acceptors (Lipinski definition) is 7. The van der Waals surface area contributed by atoms with Crippen molar-refractivity contribution in [3.8, 4) is 27.8 Å². The van der Waals surface area contributed by atoms with Gasteiger partial charge in [0.2, 0.25) is 0 Å². The molecule has 37 heavy (non-hydrogen) atoms. The normalized spacial score (nSPS) is 12.0. The number of para-hydroxylation sites is 1. The maximum absolute atomic E-state index is 12.8. The van der Waals surface area contributed by atoms with Gasteiger partial charge in [-0.15, -0.1) is 11.3 Å². The fraction of sp³-hybridized carbons (Fsp3) is 0.179. The summed E-state index contributed by atoms with van der Waals surface area (Å²) in [5.41, 5.74) is 2.28. The van der Waals surface area contributed by atoms with Gasteiger partial charge in [-0.3, -0.25) is 9.59 Å². The lowest BCUT2D eigenvalue weighted by Gasteiger charge is -2.10. The van der Waals surface area contributed by atoms with Gasteiger partial charge in [-0.25, -0.2) is 4.98 Å². The smallest absolute Gasteiger partial charge is 0.259 e. The van der Waals surface area contributed by atoms with E-state index in [2.05, 4.69) is 15.6 Å². The molecule has 0 unspecified atom stereocenters. The van der Waals surface area contributed by atoms with Crippen molar-refractivity contribution in [1.82, 2.24) is 10.3 Å². The Balaban J connectivity index is 1.19. The Kier molecular flexibility index (Phi) is 7.43. The number of benzene rings is 3. The van der Waals surface area contributed by atoms with Gasteiger partial charge in [0, 0.05) is 42.3 Å². The second-order valence-corrected chi connectivity index (χ2v) is 9.41. The quantitative estimate of drug-likeness (QED) is 0.285. The van der Waals surface area contributed by atoms with Crippen molar-refractivity contribution in [2.75, 3.05) is 25.6 Å². The van der Waals surface area contributed by atoms with E-state index >= 15 is 0 Å². The first-order valence-electron chi connectivity index (χ1n) is 11.8. The minimum absolute atomic E-state index is 0.260. The number of nitrogens with zero attached hydrogens (tertiary/aromatic N) is 1. The third-order valence-corrected chi connectivity index (χ3v) is 6.73. The fourth-order valence-corrected chi connectivity index (χ4v) is 4.65. The van der Waals surface area contributed by atoms with Gasteiger partial charge in [-0.05, 0) is 54.6 Å². The summed E-state index contributed by atoms with van der Waals surface area (Å²) in [5, 5.41) is 6.61. The van der Waals surface area contributed by atoms with Crippen LogP contribution in [0, 0.1) is 0 Å². The number of amides is 2. The summed E-state index contributed by atoms with van der Waals surface area (Å²) in [6, 6.07) is 19.8. The van der Waals surface area contributed by atoms with Crippen LogP contribution in [-0.2, 0) is 11.3 Å². The maximum atomic E-state index is 12.8. The zero-order valence-electron chi connectivity index (χ0n) is 20.2. The van der Waals surface area contributed by atoms with E-state index in [1.54, 1.807) is 55.8 Å². The number of fused-ring (bicyclic) bond motifs is 2. The minimum atomic E-state index is -0.283. The Bertz CT molecular complexity index is 1420. The first-order valence-corrected chi connectivity index (χ1v) is 12.6. The first kappa shape index (κ1) is 24.5. The van der Waals surface area contributed by atoms with Crippen molar-refractivity contribution in [1.29, 1.82) is 0 Å². The molecule has 8 nitrogen and oxygen atoms in total. The van der Waals surface area contributed by atoms with E-state index in [4.69, 9.17) is 14.2 Å². The molecule has 5 rings (SSSR count). The van der Waals surface area contributed by atoms with E-state index in [9.17, 15) is 9.59 Å². The van der Waals surface area contributed by atoms with Gasteiger partial charge in [0.15, 0.2) is 5.75 Å². The van der Waals surface area contributed by atoms with E-state index in [1.807, 2.05) is 24.3 Å². The number of methoxy groups -OCH3 is 1. The summed E-state index contributed by atoms with van der Waals surface area (Å²) in [6.07, 6.45) is 2.60. The molecule has 9 heteroatoms. The number of thiazole rings is 1. The highest BCUT2D eigenvalue weighted by atomic mass is 32.1. The summed E-state index contributed by atoms with van der Waals surface area (Å²) >= 11 is 1.51. The number of hydrogen-bond donors (Lipinski definition) is 2. The third-order valence-electron chi connectivity index (χ3n) is 5.68. The largest absolute Gasteiger partial charge is 0.494 e. The molecule has 188 valence electrons. The van der Waals surface area contributed by atoms with Gasteiger partial charge in [-0.2, -0.15) is 0 Å². The predicted octanol–water partition coefficient (Wildman–Crippen LogP) is 5.51. The molecule has 4 aromatic rings. The topological polar surface area (TPSA) is 98.8 Å². The Morgan fingerprint density at radius 2 is 1.89 bits per heavy atom. The van der Waals surface area contributed by atoms with E-state index in [-0.39, 0.29) is 11.8 Å². The second kappa shape index (κ2) is 11.2. The summed E-state index contributed by atoms with van der Waals surface area (Å²) in [4.78, 5) is 30.8. The fourth-order valence-electron chi connectivity index (χ4n) is 3.79. The molecule has 0 saturated heterocycles. The predicted molar refractivity (Wildman–Crippen MR) is 142 cm³/mol. The number of carbonyl (C=O) groups is 2. The highest BCUT2D eigenvalue weighted by molar-refractivity contribution is 7.15. The number of rotatable bonds is 9. The van der Waals surface area contributed by atoms with Gasteiger partial charge < -0.3 is 24.8 Å². The van der Waals surface area contributed by atoms with E-state index in [1.165, 1.54) is 11.3 Å². The van der Waals surface area contributed by atoms with Crippen LogP contribution in [0.15, 0.2) is 72.9 Å². The zero-order chi connectivity index (χ0) is 25.6. The number of carbonyl (C=O) groups excluding carboxylic acids is 2. The number of nitrogens with one attached hydrogen (secondary N) is 2. The average molecular weight is 516 g/mol. The molecule has 0 radical (unpaired) electrons. The maximum Gasteiger partial charge on any atom is 0.259 e. The highest BCUT2D eigenvalue weighted by Crippen LogP contribution is 2.36. The molecule has 2 amide bonds. The lowest BCUT2D eigenvalue weighted by molar-refractivity contribution is 0.0950. The Morgan fingerprint density at radius 1 is 1.05 bits per heavy atom. The van der Waals surface area contributed by atoms with Gasteiger partial charge >= 0.3 is 0 Å². The van der Waals surface area contributed by atoms with Crippen LogP contribution in [-0.4, -0.2) is 37.1 Å². The van der Waals surface area contributed by atoms with Crippen LogP contribution >= 0.6 is 11.3 Å². The molecule has 0 bridgehead atoms. The van der Waals surface area contributed by atoms with Crippen LogP contribution in [0.2, 0.25) is 0 Å². The first-order chi connectivity index (χ1) is 18.1. The monoisotopic (exact) mass is 515 g/mol. The molecule has 0 saturated carbocycles. The Labute approximate surface area is 218 Å². The Morgan fingerprint density at radius 3 is 2.73 bits per heavy atom. The van der Waals surface area contributed by atoms with Crippen molar-refractivity contribution in [2.45, 2.75) is 13.0 Å². The summed E-state index contributed by atoms with van der Waals surface area (Å²) in [6.45, 7) is 1.61. The molecule has 0 atom stereocenters. The average Bonchev–Trinajstić information content (AvgIpc) is 3.35. The molecule has 1 aliphatic heterocycles. The van der Waals surface area contributed by atoms with Crippen LogP contribution < -0.4 is 20.1 Å². The molecular weight excluding hydrogens is 490 g/mol. The third kappa shape index (κ3) is 5.79. The Hall–Kier alpha value is -4.21. The number of anilines is 1. The van der Waals surface area contributed by atoms with Crippen LogP contribution in [0.1, 0.15) is 32.0 Å². The van der Waals surface area contributed by atoms with Crippen LogP contribution in [0.4, 0.5) is 5.69 Å². The zero-order valence-corrected chi connectivity index (χ0v) is 21.0. The summed E-state index contributed by atoms with van der Waals surface area (Å²) < 4.78 is 16.6. The molecule has 0 spiro atoms. The molecule has 2 N–H and O–H groups in total. The SMILES string of the molecule is COCCCOc1ccc(-c2ncc(CNC(=O)c3ccc4c(c3)NC(=O)c3ccccc3O4)s2)cc1. The van der Waals surface area contributed by atoms with Crippen molar-refractivity contribution in [3.05, 3.63) is 88.9 Å². The number of ether oxygens (including phenoxy) is 3. The van der Waals surface area contributed by atoms with Crippen LogP contribution in [0.3, 0.4) is 0 Å². The highest BCUT2D eigenvalue weighted by Gasteiger charge is 2.21. The molecule has 2 heterocycles. The molecule has 0 fully saturated rings. The summed E-state index contributed by atoms with van der Waals surface area (Å²) in [7, 11) is 1.67. The van der Waals surface area contributed by atoms with Crippen LogP contribution in [0.5, 0.6) is 17.2 Å². The van der Waals surface area contributed by atoms with Gasteiger partial charge in [0.05, 0.1) is 24.4 Å². The lowest BCUT2D eigenvalue weighted by Crippen LogP contribution is -2.22. The van der Waals surface area contributed by atoms with Crippen molar-refractivity contribution < 1.29 is 23.8 Å². The second-order valence-electron chi connectivity index (χ2n) is 8.30. The molecule has 0 aliphatic carbocycles. The molecule has 1 aromatic heterocycles. The minimum Gasteiger partial charge on any atom is -0.494 e. The molecule has 1 aliphatic rings. The van der Waals surface area contributed by atoms with Gasteiger partial charge in [0.1, 0.15) is 16.5 Å². The molecular formula is C28H25N3O5S. The van der Waals surface area contributed by atoms with E-state index in [0.717, 1.165) is 27.6 Å². The number of aromatic nitrogens is 1. The van der Waals surface area contributed by atoms with Crippen molar-refractivity contribution in [3.63, 3.8) is 0 Å². The summed E-state index contributed by atoms with van der Waals surface area (Å²) in [5.74, 6) is 1.21. The standard InChI is InChI=1S/C28H25N3O5S/c1-34-13-4-14-35-20-10-7-18(8-11-20)28-30-17-21(37-28)16-29-26(32)19-9-12-25-23(15-19)31-27(33)22-5-2-3-6-24(22)36-25/h2-3,5-12,15,17H,4,13-14,16H2,1H3,(H,29,32)(H,31,33). The van der Waals surface area contributed by atoms with Gasteiger partial charge in [-0.1, -0.05) is 12.1 Å².